The highest BCUT2D eigenvalue weighted by Crippen LogP contribution is 2.25. The molecule has 0 radical (unpaired) electrons. The minimum absolute atomic E-state index is 0.229. The van der Waals surface area contributed by atoms with E-state index in [1.165, 1.54) is 22.0 Å². The van der Waals surface area contributed by atoms with Gasteiger partial charge in [0.15, 0.2) is 6.33 Å². The minimum Gasteiger partial charge on any atom is -0.489 e. The highest BCUT2D eigenvalue weighted by Gasteiger charge is 2.11. The molecule has 0 atom stereocenters. The highest BCUT2D eigenvalue weighted by atomic mass is 35.5. The van der Waals surface area contributed by atoms with Crippen molar-refractivity contribution in [2.75, 3.05) is 0 Å². The summed E-state index contributed by atoms with van der Waals surface area (Å²) in [7, 11) is 0. The van der Waals surface area contributed by atoms with Gasteiger partial charge >= 0.3 is 0 Å². The lowest BCUT2D eigenvalue weighted by atomic mass is 10.1. The van der Waals surface area contributed by atoms with Crippen LogP contribution in [0.2, 0.25) is 5.02 Å². The maximum absolute atomic E-state index is 12.3. The Morgan fingerprint density at radius 1 is 0.966 bits per heavy atom. The van der Waals surface area contributed by atoms with Gasteiger partial charge < -0.3 is 4.74 Å². The molecule has 146 valence electrons. The van der Waals surface area contributed by atoms with Crippen molar-refractivity contribution in [2.24, 2.45) is 0 Å². The van der Waals surface area contributed by atoms with Crippen molar-refractivity contribution in [3.8, 4) is 5.75 Å². The zero-order valence-electron chi connectivity index (χ0n) is 15.5. The summed E-state index contributed by atoms with van der Waals surface area (Å²) in [4.78, 5) is 13.5. The lowest BCUT2D eigenvalue weighted by molar-refractivity contribution is 0.303. The molecule has 4 rings (SSSR count). The third kappa shape index (κ3) is 4.52. The fourth-order valence-corrected chi connectivity index (χ4v) is 3.25. The molecule has 7 nitrogen and oxygen atoms in total. The summed E-state index contributed by atoms with van der Waals surface area (Å²) in [5, 5.41) is 12.1. The lowest BCUT2D eigenvalue weighted by Gasteiger charge is -2.14. The van der Waals surface area contributed by atoms with E-state index in [1.807, 2.05) is 54.6 Å². The van der Waals surface area contributed by atoms with Gasteiger partial charge in [-0.3, -0.25) is 4.79 Å². The molecular formula is C21H18ClN5O2. The smallest absolute Gasteiger partial charge is 0.272 e. The Hall–Kier alpha value is -3.45. The van der Waals surface area contributed by atoms with Gasteiger partial charge in [-0.25, -0.2) is 0 Å². The number of benzene rings is 2. The van der Waals surface area contributed by atoms with E-state index in [2.05, 4.69) is 15.4 Å². The van der Waals surface area contributed by atoms with Gasteiger partial charge in [-0.05, 0) is 53.4 Å². The largest absolute Gasteiger partial charge is 0.489 e. The normalized spacial score (nSPS) is 10.8. The van der Waals surface area contributed by atoms with Crippen LogP contribution < -0.4 is 10.3 Å². The van der Waals surface area contributed by atoms with Gasteiger partial charge in [0, 0.05) is 16.8 Å². The van der Waals surface area contributed by atoms with Gasteiger partial charge in [0.25, 0.3) is 5.56 Å². The predicted molar refractivity (Wildman–Crippen MR) is 109 cm³/mol. The summed E-state index contributed by atoms with van der Waals surface area (Å²) >= 11 is 6.21. The first-order valence-electron chi connectivity index (χ1n) is 9.10. The Labute approximate surface area is 172 Å². The summed E-state index contributed by atoms with van der Waals surface area (Å²) in [6.07, 6.45) is 2.48. The standard InChI is InChI=1S/C21H18ClN5O2/c22-18-10-12-20(29-14-16-5-2-1-3-6-16)17(13-18)9-11-19-7-4-8-21(28)26(19)27-24-15-23-25-27/h1-8,10,12-13,15H,9,11,14H2. The molecule has 2 aromatic heterocycles. The monoisotopic (exact) mass is 407 g/mol. The molecule has 0 N–H and O–H groups in total. The Morgan fingerprint density at radius 3 is 2.62 bits per heavy atom. The lowest BCUT2D eigenvalue weighted by Crippen LogP contribution is -2.30. The third-order valence-corrected chi connectivity index (χ3v) is 4.67. The maximum atomic E-state index is 12.3. The first kappa shape index (κ1) is 18.9. The molecular weight excluding hydrogens is 390 g/mol. The number of ether oxygens (including phenoxy) is 1. The van der Waals surface area contributed by atoms with Crippen LogP contribution in [-0.4, -0.2) is 25.0 Å². The van der Waals surface area contributed by atoms with Crippen LogP contribution in [0.1, 0.15) is 16.8 Å². The second-order valence-corrected chi connectivity index (χ2v) is 6.83. The quantitative estimate of drug-likeness (QED) is 0.470. The minimum atomic E-state index is -0.229. The third-order valence-electron chi connectivity index (χ3n) is 4.44. The van der Waals surface area contributed by atoms with Gasteiger partial charge in [0.1, 0.15) is 12.4 Å². The SMILES string of the molecule is O=c1cccc(CCc2cc(Cl)ccc2OCc2ccccc2)n1-n1ncnn1. The second-order valence-electron chi connectivity index (χ2n) is 6.40. The molecule has 0 spiro atoms. The topological polar surface area (TPSA) is 74.8 Å². The molecule has 0 aliphatic rings. The number of aromatic nitrogens is 5. The number of tetrazole rings is 1. The van der Waals surface area contributed by atoms with Gasteiger partial charge in [-0.1, -0.05) is 52.9 Å². The fourth-order valence-electron chi connectivity index (χ4n) is 3.05. The zero-order valence-corrected chi connectivity index (χ0v) is 16.2. The number of hydrogen-bond donors (Lipinski definition) is 0. The first-order chi connectivity index (χ1) is 14.2. The molecule has 0 fully saturated rings. The van der Waals surface area contributed by atoms with E-state index in [-0.39, 0.29) is 5.56 Å². The molecule has 29 heavy (non-hydrogen) atoms. The van der Waals surface area contributed by atoms with Crippen LogP contribution in [0.15, 0.2) is 77.9 Å². The van der Waals surface area contributed by atoms with Gasteiger partial charge in [0.2, 0.25) is 0 Å². The molecule has 4 aromatic rings. The van der Waals surface area contributed by atoms with E-state index in [9.17, 15) is 4.79 Å². The van der Waals surface area contributed by atoms with Crippen molar-refractivity contribution in [3.05, 3.63) is 105 Å². The van der Waals surface area contributed by atoms with Crippen LogP contribution in [0.5, 0.6) is 5.75 Å². The zero-order chi connectivity index (χ0) is 20.1. The van der Waals surface area contributed by atoms with Crippen molar-refractivity contribution in [3.63, 3.8) is 0 Å². The van der Waals surface area contributed by atoms with Gasteiger partial charge in [-0.15, -0.1) is 10.2 Å². The average Bonchev–Trinajstić information content (AvgIpc) is 3.26. The van der Waals surface area contributed by atoms with Gasteiger partial charge in [0.05, 0.1) is 0 Å². The number of hydrogen-bond acceptors (Lipinski definition) is 5. The number of aryl methyl sites for hydroxylation is 2. The van der Waals surface area contributed by atoms with E-state index >= 15 is 0 Å². The van der Waals surface area contributed by atoms with Crippen LogP contribution >= 0.6 is 11.6 Å². The Morgan fingerprint density at radius 2 is 1.83 bits per heavy atom. The van der Waals surface area contributed by atoms with Crippen LogP contribution in [0.3, 0.4) is 0 Å². The van der Waals surface area contributed by atoms with Crippen molar-refractivity contribution < 1.29 is 4.74 Å². The second kappa shape index (κ2) is 8.70. The molecule has 8 heteroatoms. The van der Waals surface area contributed by atoms with E-state index in [4.69, 9.17) is 16.3 Å². The maximum Gasteiger partial charge on any atom is 0.272 e. The Kier molecular flexibility index (Phi) is 5.67. The molecule has 0 unspecified atom stereocenters. The Bertz CT molecular complexity index is 1140. The van der Waals surface area contributed by atoms with Crippen LogP contribution in [0.25, 0.3) is 0 Å². The van der Waals surface area contributed by atoms with E-state index in [1.54, 1.807) is 6.07 Å². The van der Waals surface area contributed by atoms with Crippen molar-refractivity contribution in [1.82, 2.24) is 25.0 Å². The Balaban J connectivity index is 1.55. The molecule has 2 heterocycles. The summed E-state index contributed by atoms with van der Waals surface area (Å²) in [5.74, 6) is 0.766. The van der Waals surface area contributed by atoms with Crippen LogP contribution in [0.4, 0.5) is 0 Å². The number of nitrogens with zero attached hydrogens (tertiary/aromatic N) is 5. The summed E-state index contributed by atoms with van der Waals surface area (Å²) < 4.78 is 7.42. The predicted octanol–water partition coefficient (Wildman–Crippen LogP) is 3.16. The number of halogens is 1. The van der Waals surface area contributed by atoms with E-state index < -0.39 is 0 Å². The summed E-state index contributed by atoms with van der Waals surface area (Å²) in [6.45, 7) is 0.467. The average molecular weight is 408 g/mol. The molecule has 0 saturated heterocycles. The summed E-state index contributed by atoms with van der Waals surface area (Å²) in [5.41, 5.74) is 2.57. The number of rotatable bonds is 7. The van der Waals surface area contributed by atoms with Crippen LogP contribution in [-0.2, 0) is 19.4 Å². The summed E-state index contributed by atoms with van der Waals surface area (Å²) in [6, 6.07) is 20.6. The van der Waals surface area contributed by atoms with E-state index in [0.29, 0.717) is 24.5 Å². The molecule has 0 saturated carbocycles. The molecule has 0 aliphatic heterocycles. The molecule has 0 amide bonds. The highest BCUT2D eigenvalue weighted by molar-refractivity contribution is 6.30. The molecule has 0 aliphatic carbocycles. The van der Waals surface area contributed by atoms with Crippen LogP contribution in [0, 0.1) is 0 Å². The molecule has 2 aromatic carbocycles. The van der Waals surface area contributed by atoms with E-state index in [0.717, 1.165) is 22.6 Å². The first-order valence-corrected chi connectivity index (χ1v) is 9.48. The van der Waals surface area contributed by atoms with Crippen molar-refractivity contribution in [1.29, 1.82) is 0 Å². The van der Waals surface area contributed by atoms with Crippen molar-refractivity contribution >= 4 is 11.6 Å². The number of pyridine rings is 1. The van der Waals surface area contributed by atoms with Gasteiger partial charge in [-0.2, -0.15) is 4.68 Å². The van der Waals surface area contributed by atoms with Crippen molar-refractivity contribution in [2.45, 2.75) is 19.4 Å². The molecule has 0 bridgehead atoms. The fraction of sp³-hybridized carbons (Fsp3) is 0.143.